The predicted molar refractivity (Wildman–Crippen MR) is 32.9 cm³/mol. The molecule has 0 bridgehead atoms. The molecule has 0 heterocycles. The van der Waals surface area contributed by atoms with Crippen LogP contribution in [0.1, 0.15) is 6.42 Å². The van der Waals surface area contributed by atoms with Gasteiger partial charge in [-0.05, 0) is 0 Å². The average molecular weight is 166 g/mol. The van der Waals surface area contributed by atoms with Crippen LogP contribution in [-0.2, 0) is 20.7 Å². The quantitative estimate of drug-likeness (QED) is 0.423. The van der Waals surface area contributed by atoms with Gasteiger partial charge in [-0.1, -0.05) is 0 Å². The van der Waals surface area contributed by atoms with E-state index in [1.54, 1.807) is 0 Å². The Morgan fingerprint density at radius 3 is 2.20 bits per heavy atom. The van der Waals surface area contributed by atoms with Crippen LogP contribution in [0.2, 0.25) is 0 Å². The van der Waals surface area contributed by atoms with E-state index in [2.05, 4.69) is 0 Å². The summed E-state index contributed by atoms with van der Waals surface area (Å²) in [5, 5.41) is 7.96. The van der Waals surface area contributed by atoms with Crippen molar-refractivity contribution in [3.05, 3.63) is 0 Å². The van der Waals surface area contributed by atoms with Gasteiger partial charge in [0, 0.05) is 6.42 Å². The molecule has 1 atom stereocenters. The Morgan fingerprint density at radius 2 is 1.90 bits per heavy atom. The molecule has 0 saturated heterocycles. The second-order valence-corrected chi connectivity index (χ2v) is 2.56. The zero-order chi connectivity index (χ0) is 8.15. The standard InChI is InChI=1S/C4H6O5S/c5-3(4(6)7)1-2-10(8)9/h1-2H2,(H,6,7)(H,8,9). The number of carboxylic acid groups (broad SMARTS) is 1. The third kappa shape index (κ3) is 4.16. The van der Waals surface area contributed by atoms with Crippen LogP contribution in [0, 0.1) is 0 Å². The van der Waals surface area contributed by atoms with Crippen molar-refractivity contribution in [2.45, 2.75) is 6.42 Å². The van der Waals surface area contributed by atoms with E-state index in [9.17, 15) is 13.8 Å². The van der Waals surface area contributed by atoms with E-state index in [-0.39, 0.29) is 5.75 Å². The molecule has 0 fully saturated rings. The number of rotatable bonds is 4. The summed E-state index contributed by atoms with van der Waals surface area (Å²) in [6.45, 7) is 0. The molecule has 1 unspecified atom stereocenters. The lowest BCUT2D eigenvalue weighted by Crippen LogP contribution is -2.14. The summed E-state index contributed by atoms with van der Waals surface area (Å²) in [6, 6.07) is 0. The summed E-state index contributed by atoms with van der Waals surface area (Å²) < 4.78 is 18.0. The molecule has 6 heteroatoms. The first kappa shape index (κ1) is 9.25. The zero-order valence-corrected chi connectivity index (χ0v) is 5.76. The zero-order valence-electron chi connectivity index (χ0n) is 4.94. The summed E-state index contributed by atoms with van der Waals surface area (Å²) >= 11 is -2.09. The Morgan fingerprint density at radius 1 is 1.40 bits per heavy atom. The van der Waals surface area contributed by atoms with Crippen LogP contribution in [-0.4, -0.2) is 31.4 Å². The fourth-order valence-corrected chi connectivity index (χ4v) is 0.647. The molecule has 0 aromatic carbocycles. The number of ketones is 1. The van der Waals surface area contributed by atoms with Crippen LogP contribution >= 0.6 is 0 Å². The van der Waals surface area contributed by atoms with Crippen molar-refractivity contribution in [2.24, 2.45) is 0 Å². The average Bonchev–Trinajstić information content (AvgIpc) is 1.82. The lowest BCUT2D eigenvalue weighted by Gasteiger charge is -1.89. The molecule has 0 amide bonds. The maximum Gasteiger partial charge on any atom is 0.372 e. The van der Waals surface area contributed by atoms with Crippen LogP contribution in [0.3, 0.4) is 0 Å². The highest BCUT2D eigenvalue weighted by atomic mass is 32.2. The molecular weight excluding hydrogens is 160 g/mol. The van der Waals surface area contributed by atoms with E-state index < -0.39 is 29.3 Å². The molecule has 2 N–H and O–H groups in total. The Bertz CT molecular complexity index is 174. The first-order chi connectivity index (χ1) is 4.54. The molecule has 0 rings (SSSR count). The van der Waals surface area contributed by atoms with Crippen molar-refractivity contribution in [2.75, 3.05) is 5.75 Å². The minimum absolute atomic E-state index is 0.314. The van der Waals surface area contributed by atoms with Gasteiger partial charge in [-0.15, -0.1) is 0 Å². The third-order valence-corrected chi connectivity index (χ3v) is 1.30. The minimum atomic E-state index is -2.09. The van der Waals surface area contributed by atoms with Gasteiger partial charge in [0.2, 0.25) is 5.78 Å². The third-order valence-electron chi connectivity index (χ3n) is 0.742. The van der Waals surface area contributed by atoms with Crippen molar-refractivity contribution in [3.63, 3.8) is 0 Å². The minimum Gasteiger partial charge on any atom is -0.476 e. The molecule has 0 spiro atoms. The summed E-state index contributed by atoms with van der Waals surface area (Å²) in [5.41, 5.74) is 0. The number of Topliss-reactive ketones (excluding diaryl/α,β-unsaturated/α-hetero) is 1. The van der Waals surface area contributed by atoms with Crippen LogP contribution in [0.5, 0.6) is 0 Å². The van der Waals surface area contributed by atoms with Crippen molar-refractivity contribution >= 4 is 22.8 Å². The normalized spacial score (nSPS) is 12.5. The fraction of sp³-hybridized carbons (Fsp3) is 0.500. The highest BCUT2D eigenvalue weighted by Gasteiger charge is 2.11. The molecular formula is C4H6O5S. The number of carbonyl (C=O) groups excluding carboxylic acids is 1. The second-order valence-electron chi connectivity index (χ2n) is 1.50. The smallest absolute Gasteiger partial charge is 0.372 e. The molecule has 0 aliphatic carbocycles. The van der Waals surface area contributed by atoms with Crippen molar-refractivity contribution < 1.29 is 23.5 Å². The van der Waals surface area contributed by atoms with Gasteiger partial charge in [0.05, 0.1) is 5.75 Å². The van der Waals surface area contributed by atoms with Crippen LogP contribution < -0.4 is 0 Å². The summed E-state index contributed by atoms with van der Waals surface area (Å²) in [4.78, 5) is 20.0. The van der Waals surface area contributed by atoms with Gasteiger partial charge in [0.1, 0.15) is 0 Å². The molecule has 0 aliphatic heterocycles. The van der Waals surface area contributed by atoms with E-state index in [1.165, 1.54) is 0 Å². The molecule has 0 saturated carbocycles. The van der Waals surface area contributed by atoms with Gasteiger partial charge in [-0.3, -0.25) is 4.79 Å². The highest BCUT2D eigenvalue weighted by Crippen LogP contribution is 1.85. The highest BCUT2D eigenvalue weighted by molar-refractivity contribution is 7.79. The molecule has 5 nitrogen and oxygen atoms in total. The fourth-order valence-electron chi connectivity index (χ4n) is 0.287. The van der Waals surface area contributed by atoms with E-state index in [1.807, 2.05) is 0 Å². The number of aliphatic carboxylic acids is 1. The monoisotopic (exact) mass is 166 g/mol. The topological polar surface area (TPSA) is 91.7 Å². The van der Waals surface area contributed by atoms with Gasteiger partial charge in [0.15, 0.2) is 11.1 Å². The van der Waals surface area contributed by atoms with Gasteiger partial charge in [0.25, 0.3) is 0 Å². The molecule has 0 aliphatic rings. The van der Waals surface area contributed by atoms with E-state index >= 15 is 0 Å². The molecule has 58 valence electrons. The first-order valence-electron chi connectivity index (χ1n) is 2.37. The lowest BCUT2D eigenvalue weighted by molar-refractivity contribution is -0.148. The van der Waals surface area contributed by atoms with Crippen LogP contribution in [0.4, 0.5) is 0 Å². The Kier molecular flexibility index (Phi) is 3.82. The number of carboxylic acids is 1. The van der Waals surface area contributed by atoms with Crippen LogP contribution in [0.25, 0.3) is 0 Å². The van der Waals surface area contributed by atoms with Crippen LogP contribution in [0.15, 0.2) is 0 Å². The molecule has 10 heavy (non-hydrogen) atoms. The van der Waals surface area contributed by atoms with E-state index in [0.29, 0.717) is 0 Å². The molecule has 0 aromatic heterocycles. The number of hydrogen-bond donors (Lipinski definition) is 2. The lowest BCUT2D eigenvalue weighted by atomic mass is 10.3. The largest absolute Gasteiger partial charge is 0.476 e. The Balaban J connectivity index is 3.60. The summed E-state index contributed by atoms with van der Waals surface area (Å²) in [7, 11) is 0. The number of carbonyl (C=O) groups is 2. The van der Waals surface area contributed by atoms with Gasteiger partial charge < -0.3 is 9.66 Å². The van der Waals surface area contributed by atoms with Gasteiger partial charge in [-0.2, -0.15) is 0 Å². The number of hydrogen-bond acceptors (Lipinski definition) is 3. The first-order valence-corrected chi connectivity index (χ1v) is 3.65. The predicted octanol–water partition coefficient (Wildman–Crippen LogP) is -0.748. The van der Waals surface area contributed by atoms with Crippen molar-refractivity contribution in [3.8, 4) is 0 Å². The van der Waals surface area contributed by atoms with Gasteiger partial charge in [-0.25, -0.2) is 9.00 Å². The van der Waals surface area contributed by atoms with Crippen molar-refractivity contribution in [1.82, 2.24) is 0 Å². The maximum absolute atomic E-state index is 10.2. The van der Waals surface area contributed by atoms with E-state index in [0.717, 1.165) is 0 Å². The molecule has 0 radical (unpaired) electrons. The van der Waals surface area contributed by atoms with E-state index in [4.69, 9.17) is 9.66 Å². The SMILES string of the molecule is O=C(O)C(=O)CCS(=O)O. The maximum atomic E-state index is 10.2. The van der Waals surface area contributed by atoms with Gasteiger partial charge >= 0.3 is 5.97 Å². The van der Waals surface area contributed by atoms with Crippen molar-refractivity contribution in [1.29, 1.82) is 0 Å². The second kappa shape index (κ2) is 4.13. The Hall–Kier alpha value is -0.750. The summed E-state index contributed by atoms with van der Waals surface area (Å²) in [5.74, 6) is -2.92. The Labute approximate surface area is 59.3 Å². The summed E-state index contributed by atoms with van der Waals surface area (Å²) in [6.07, 6.45) is -0.390. The molecule has 0 aromatic rings.